The van der Waals surface area contributed by atoms with Crippen LogP contribution in [0.3, 0.4) is 0 Å². The zero-order valence-corrected chi connectivity index (χ0v) is 12.1. The predicted molar refractivity (Wildman–Crippen MR) is 75.6 cm³/mol. The highest BCUT2D eigenvalue weighted by Gasteiger charge is 2.35. The summed E-state index contributed by atoms with van der Waals surface area (Å²) in [6.45, 7) is 0.953. The minimum Gasteiger partial charge on any atom is -0.394 e. The van der Waals surface area contributed by atoms with Crippen molar-refractivity contribution in [2.45, 2.75) is 56.9 Å². The van der Waals surface area contributed by atoms with Crippen molar-refractivity contribution in [2.24, 2.45) is 17.6 Å². The zero-order chi connectivity index (χ0) is 13.9. The quantitative estimate of drug-likeness (QED) is 0.812. The molecular formula is C15H28N2O2. The van der Waals surface area contributed by atoms with E-state index in [-0.39, 0.29) is 18.4 Å². The van der Waals surface area contributed by atoms with Gasteiger partial charge in [-0.15, -0.1) is 0 Å². The Morgan fingerprint density at radius 3 is 2.37 bits per heavy atom. The van der Waals surface area contributed by atoms with Gasteiger partial charge in [0.2, 0.25) is 5.91 Å². The van der Waals surface area contributed by atoms with Gasteiger partial charge in [0.15, 0.2) is 0 Å². The van der Waals surface area contributed by atoms with E-state index in [0.717, 1.165) is 32.2 Å². The molecule has 2 aliphatic carbocycles. The van der Waals surface area contributed by atoms with Crippen LogP contribution in [0, 0.1) is 11.8 Å². The largest absolute Gasteiger partial charge is 0.394 e. The van der Waals surface area contributed by atoms with Crippen LogP contribution in [-0.4, -0.2) is 41.7 Å². The van der Waals surface area contributed by atoms with Crippen LogP contribution in [0.1, 0.15) is 51.4 Å². The van der Waals surface area contributed by atoms with Gasteiger partial charge in [0.05, 0.1) is 6.61 Å². The fraction of sp³-hybridized carbons (Fsp3) is 0.933. The number of aliphatic hydroxyl groups is 1. The van der Waals surface area contributed by atoms with Crippen molar-refractivity contribution in [1.82, 2.24) is 4.90 Å². The molecule has 4 heteroatoms. The normalized spacial score (nSPS) is 32.5. The van der Waals surface area contributed by atoms with E-state index in [4.69, 9.17) is 5.73 Å². The molecule has 0 atom stereocenters. The molecule has 2 fully saturated rings. The summed E-state index contributed by atoms with van der Waals surface area (Å²) in [5.74, 6) is 1.12. The van der Waals surface area contributed by atoms with E-state index in [1.807, 2.05) is 11.9 Å². The molecule has 0 aromatic carbocycles. The Morgan fingerprint density at radius 1 is 1.26 bits per heavy atom. The Balaban J connectivity index is 1.79. The third-order valence-corrected chi connectivity index (χ3v) is 5.03. The van der Waals surface area contributed by atoms with Crippen LogP contribution in [0.2, 0.25) is 0 Å². The first-order chi connectivity index (χ1) is 9.04. The number of amides is 1. The predicted octanol–water partition coefficient (Wildman–Crippen LogP) is 1.51. The van der Waals surface area contributed by atoms with Gasteiger partial charge in [-0.3, -0.25) is 4.79 Å². The number of nitrogens with zero attached hydrogens (tertiary/aromatic N) is 1. The molecule has 3 N–H and O–H groups in total. The summed E-state index contributed by atoms with van der Waals surface area (Å²) in [4.78, 5) is 14.3. The Morgan fingerprint density at radius 2 is 1.84 bits per heavy atom. The van der Waals surface area contributed by atoms with Gasteiger partial charge >= 0.3 is 0 Å². The molecule has 19 heavy (non-hydrogen) atoms. The highest BCUT2D eigenvalue weighted by atomic mass is 16.3. The molecule has 0 bridgehead atoms. The van der Waals surface area contributed by atoms with E-state index < -0.39 is 5.54 Å². The Labute approximate surface area is 116 Å². The van der Waals surface area contributed by atoms with Gasteiger partial charge in [-0.25, -0.2) is 0 Å². The van der Waals surface area contributed by atoms with Gasteiger partial charge in [0.25, 0.3) is 0 Å². The van der Waals surface area contributed by atoms with E-state index in [1.165, 1.54) is 25.7 Å². The molecule has 0 unspecified atom stereocenters. The smallest absolute Gasteiger partial charge is 0.225 e. The van der Waals surface area contributed by atoms with Crippen molar-refractivity contribution in [3.63, 3.8) is 0 Å². The molecule has 2 saturated carbocycles. The maximum Gasteiger partial charge on any atom is 0.225 e. The lowest BCUT2D eigenvalue weighted by Gasteiger charge is -2.36. The monoisotopic (exact) mass is 268 g/mol. The second-order valence-electron chi connectivity index (χ2n) is 6.66. The topological polar surface area (TPSA) is 66.6 Å². The van der Waals surface area contributed by atoms with Gasteiger partial charge in [0.1, 0.15) is 0 Å². The van der Waals surface area contributed by atoms with Gasteiger partial charge in [-0.1, -0.05) is 12.8 Å². The number of carbonyl (C=O) groups excluding carboxylic acids is 1. The van der Waals surface area contributed by atoms with Crippen LogP contribution in [-0.2, 0) is 4.79 Å². The summed E-state index contributed by atoms with van der Waals surface area (Å²) >= 11 is 0. The molecule has 0 spiro atoms. The van der Waals surface area contributed by atoms with Crippen molar-refractivity contribution in [1.29, 1.82) is 0 Å². The highest BCUT2D eigenvalue weighted by molar-refractivity contribution is 5.78. The van der Waals surface area contributed by atoms with Crippen LogP contribution in [0.25, 0.3) is 0 Å². The molecule has 0 heterocycles. The van der Waals surface area contributed by atoms with Crippen LogP contribution in [0.15, 0.2) is 0 Å². The number of hydrogen-bond acceptors (Lipinski definition) is 3. The lowest BCUT2D eigenvalue weighted by molar-refractivity contribution is -0.136. The second kappa shape index (κ2) is 6.23. The van der Waals surface area contributed by atoms with E-state index in [1.54, 1.807) is 0 Å². The van der Waals surface area contributed by atoms with Gasteiger partial charge < -0.3 is 15.7 Å². The fourth-order valence-electron chi connectivity index (χ4n) is 3.58. The molecule has 2 aliphatic rings. The first-order valence-corrected chi connectivity index (χ1v) is 7.69. The molecule has 110 valence electrons. The number of hydrogen-bond donors (Lipinski definition) is 2. The molecule has 4 nitrogen and oxygen atoms in total. The summed E-state index contributed by atoms with van der Waals surface area (Å²) in [5, 5.41) is 9.25. The summed E-state index contributed by atoms with van der Waals surface area (Å²) in [6, 6.07) is 0. The summed E-state index contributed by atoms with van der Waals surface area (Å²) < 4.78 is 0. The summed E-state index contributed by atoms with van der Waals surface area (Å²) in [6.07, 6.45) is 8.37. The average Bonchev–Trinajstić information content (AvgIpc) is 2.91. The molecule has 0 saturated heterocycles. The van der Waals surface area contributed by atoms with Crippen molar-refractivity contribution in [3.8, 4) is 0 Å². The number of rotatable bonds is 4. The molecule has 1 amide bonds. The number of aliphatic hydroxyl groups excluding tert-OH is 1. The number of nitrogens with two attached hydrogens (primary N) is 1. The van der Waals surface area contributed by atoms with Gasteiger partial charge in [-0.05, 0) is 44.4 Å². The third-order valence-electron chi connectivity index (χ3n) is 5.03. The maximum atomic E-state index is 12.4. The van der Waals surface area contributed by atoms with Crippen LogP contribution >= 0.6 is 0 Å². The average molecular weight is 268 g/mol. The van der Waals surface area contributed by atoms with Crippen molar-refractivity contribution < 1.29 is 9.90 Å². The standard InChI is InChI=1S/C15H28N2O2/c1-17(10-12-4-2-3-5-12)14(19)13-6-8-15(16,11-18)9-7-13/h12-13,18H,2-11,16H2,1H3. The van der Waals surface area contributed by atoms with Crippen molar-refractivity contribution in [3.05, 3.63) is 0 Å². The minimum absolute atomic E-state index is 0.0336. The fourth-order valence-corrected chi connectivity index (χ4v) is 3.58. The number of carbonyl (C=O) groups is 1. The molecular weight excluding hydrogens is 240 g/mol. The summed E-state index contributed by atoms with van der Waals surface area (Å²) in [7, 11) is 1.94. The molecule has 2 rings (SSSR count). The van der Waals surface area contributed by atoms with E-state index in [0.29, 0.717) is 5.92 Å². The highest BCUT2D eigenvalue weighted by Crippen LogP contribution is 2.32. The van der Waals surface area contributed by atoms with E-state index in [9.17, 15) is 9.90 Å². The van der Waals surface area contributed by atoms with Crippen molar-refractivity contribution >= 4 is 5.91 Å². The van der Waals surface area contributed by atoms with Gasteiger partial charge in [0, 0.05) is 25.0 Å². The third kappa shape index (κ3) is 3.69. The first kappa shape index (κ1) is 14.8. The van der Waals surface area contributed by atoms with Crippen LogP contribution in [0.5, 0.6) is 0 Å². The zero-order valence-electron chi connectivity index (χ0n) is 12.1. The summed E-state index contributed by atoms with van der Waals surface area (Å²) in [5.41, 5.74) is 5.61. The van der Waals surface area contributed by atoms with Crippen LogP contribution in [0.4, 0.5) is 0 Å². The maximum absolute atomic E-state index is 12.4. The Bertz CT molecular complexity index is 305. The molecule has 0 aliphatic heterocycles. The SMILES string of the molecule is CN(CC1CCCC1)C(=O)C1CCC(N)(CO)CC1. The lowest BCUT2D eigenvalue weighted by atomic mass is 9.77. The molecule has 0 aromatic heterocycles. The first-order valence-electron chi connectivity index (χ1n) is 7.69. The van der Waals surface area contributed by atoms with Gasteiger partial charge in [-0.2, -0.15) is 0 Å². The Kier molecular flexibility index (Phi) is 4.85. The lowest BCUT2D eigenvalue weighted by Crippen LogP contribution is -2.49. The van der Waals surface area contributed by atoms with Crippen molar-refractivity contribution in [2.75, 3.05) is 20.2 Å². The Hall–Kier alpha value is -0.610. The second-order valence-corrected chi connectivity index (χ2v) is 6.66. The van der Waals surface area contributed by atoms with E-state index in [2.05, 4.69) is 0 Å². The van der Waals surface area contributed by atoms with Crippen LogP contribution < -0.4 is 5.73 Å². The molecule has 0 radical (unpaired) electrons. The minimum atomic E-state index is -0.444. The van der Waals surface area contributed by atoms with E-state index >= 15 is 0 Å². The molecule has 0 aromatic rings.